The monoisotopic (exact) mass is 542 g/mol. The molecule has 0 spiro atoms. The van der Waals surface area contributed by atoms with Crippen molar-refractivity contribution in [1.82, 2.24) is 0 Å². The molecular weight excluding hydrogens is 515 g/mol. The topological polar surface area (TPSA) is 24.9 Å². The number of rotatable bonds is 2. The van der Waals surface area contributed by atoms with Crippen LogP contribution in [-0.2, 0) is 22.5 Å². The molecule has 4 heterocycles. The van der Waals surface area contributed by atoms with E-state index in [-0.39, 0.29) is 0 Å². The van der Waals surface area contributed by atoms with Crippen molar-refractivity contribution >= 4 is 34.6 Å². The van der Waals surface area contributed by atoms with E-state index in [9.17, 15) is 0 Å². The summed E-state index contributed by atoms with van der Waals surface area (Å²) in [5.41, 5.74) is 7.71. The van der Waals surface area contributed by atoms with Crippen LogP contribution in [0.2, 0.25) is 10.0 Å². The van der Waals surface area contributed by atoms with Gasteiger partial charge in [0.2, 0.25) is 0 Å². The van der Waals surface area contributed by atoms with Crippen molar-refractivity contribution in [2.45, 2.75) is 50.0 Å². The molecule has 4 aliphatic heterocycles. The van der Waals surface area contributed by atoms with Gasteiger partial charge in [-0.15, -0.1) is 0 Å². The molecule has 0 unspecified atom stereocenters. The largest absolute Gasteiger partial charge is 0.269 e. The number of hydrogen-bond donors (Lipinski definition) is 0. The third kappa shape index (κ3) is 4.46. The lowest BCUT2D eigenvalue weighted by Gasteiger charge is -2.30. The minimum atomic E-state index is 0.297. The summed E-state index contributed by atoms with van der Waals surface area (Å²) in [5.74, 6) is 0. The summed E-state index contributed by atoms with van der Waals surface area (Å²) in [4.78, 5) is 12.0. The van der Waals surface area contributed by atoms with E-state index in [2.05, 4.69) is 82.9 Å². The molecule has 4 aromatic carbocycles. The first-order valence-electron chi connectivity index (χ1n) is 13.2. The average Bonchev–Trinajstić information content (AvgIpc) is 3.48. The van der Waals surface area contributed by atoms with Gasteiger partial charge in [-0.3, -0.25) is 9.68 Å². The Morgan fingerprint density at radius 1 is 0.526 bits per heavy atom. The molecule has 192 valence electrons. The lowest BCUT2D eigenvalue weighted by atomic mass is 10.0. The third-order valence-electron chi connectivity index (χ3n) is 7.93. The van der Waals surface area contributed by atoms with Crippen LogP contribution in [0.25, 0.3) is 0 Å². The van der Waals surface area contributed by atoms with Gasteiger partial charge < -0.3 is 0 Å². The van der Waals surface area contributed by atoms with Crippen LogP contribution >= 0.6 is 23.2 Å². The summed E-state index contributed by atoms with van der Waals surface area (Å²) in [7, 11) is 0. The minimum absolute atomic E-state index is 0.297. The van der Waals surface area contributed by atoms with Gasteiger partial charge in [0.25, 0.3) is 0 Å². The zero-order chi connectivity index (χ0) is 25.6. The van der Waals surface area contributed by atoms with Crippen molar-refractivity contribution in [3.63, 3.8) is 0 Å². The molecule has 2 saturated heterocycles. The van der Waals surface area contributed by atoms with Crippen LogP contribution in [0.3, 0.4) is 0 Å². The second-order valence-corrected chi connectivity index (χ2v) is 11.3. The maximum atomic E-state index is 6.02. The van der Waals surface area contributed by atoms with Crippen LogP contribution < -0.4 is 10.1 Å². The number of halogens is 2. The smallest absolute Gasteiger partial charge is 0.0921 e. The van der Waals surface area contributed by atoms with E-state index in [1.54, 1.807) is 0 Å². The first-order valence-corrected chi connectivity index (χ1v) is 14.0. The van der Waals surface area contributed by atoms with Gasteiger partial charge in [0.15, 0.2) is 0 Å². The lowest BCUT2D eigenvalue weighted by Crippen LogP contribution is -2.27. The fourth-order valence-corrected chi connectivity index (χ4v) is 6.39. The van der Waals surface area contributed by atoms with E-state index in [1.165, 1.54) is 33.6 Å². The molecule has 38 heavy (non-hydrogen) atoms. The third-order valence-corrected chi connectivity index (χ3v) is 8.43. The molecule has 4 bridgehead atoms. The average molecular weight is 543 g/mol. The van der Waals surface area contributed by atoms with E-state index in [1.807, 2.05) is 24.3 Å². The Kier molecular flexibility index (Phi) is 6.29. The first-order chi connectivity index (χ1) is 18.6. The number of anilines is 2. The number of hydroxylamine groups is 2. The van der Waals surface area contributed by atoms with Crippen LogP contribution in [0.15, 0.2) is 97.1 Å². The van der Waals surface area contributed by atoms with Gasteiger partial charge in [-0.2, -0.15) is 0 Å². The fraction of sp³-hybridized carbons (Fsp3) is 0.250. The quantitative estimate of drug-likeness (QED) is 0.254. The number of benzene rings is 4. The standard InChI is InChI=1S/2C16H14ClNO/c2*17-13-7-5-11(6-8-13)16-10-14-9-12-3-1-2-4-15(12)18(16)19-14/h2*1-8,14,16H,9-10H2/t2*14-,16+/m11/s1. The molecule has 0 aliphatic carbocycles. The number of para-hydroxylation sites is 2. The highest BCUT2D eigenvalue weighted by Crippen LogP contribution is 2.46. The molecule has 0 saturated carbocycles. The Hall–Kier alpha value is -3.02. The predicted molar refractivity (Wildman–Crippen MR) is 153 cm³/mol. The van der Waals surface area contributed by atoms with Crippen LogP contribution in [-0.4, -0.2) is 12.2 Å². The van der Waals surface area contributed by atoms with Gasteiger partial charge in [0.05, 0.1) is 35.7 Å². The zero-order valence-electron chi connectivity index (χ0n) is 20.8. The van der Waals surface area contributed by atoms with E-state index in [0.29, 0.717) is 24.3 Å². The van der Waals surface area contributed by atoms with Gasteiger partial charge in [-0.25, -0.2) is 10.1 Å². The molecule has 0 amide bonds. The van der Waals surface area contributed by atoms with E-state index in [0.717, 1.165) is 35.7 Å². The Morgan fingerprint density at radius 3 is 1.34 bits per heavy atom. The highest BCUT2D eigenvalue weighted by Gasteiger charge is 2.40. The molecule has 0 aromatic heterocycles. The number of hydrogen-bond acceptors (Lipinski definition) is 4. The van der Waals surface area contributed by atoms with Crippen molar-refractivity contribution in [2.24, 2.45) is 0 Å². The second kappa shape index (κ2) is 9.94. The Bertz CT molecular complexity index is 1330. The first kappa shape index (κ1) is 24.1. The van der Waals surface area contributed by atoms with Gasteiger partial charge >= 0.3 is 0 Å². The van der Waals surface area contributed by atoms with E-state index >= 15 is 0 Å². The molecule has 6 heteroatoms. The summed E-state index contributed by atoms with van der Waals surface area (Å²) in [6, 6.07) is 33.8. The van der Waals surface area contributed by atoms with Gasteiger partial charge in [0.1, 0.15) is 0 Å². The zero-order valence-corrected chi connectivity index (χ0v) is 22.4. The predicted octanol–water partition coefficient (Wildman–Crippen LogP) is 8.30. The van der Waals surface area contributed by atoms with Gasteiger partial charge in [-0.1, -0.05) is 83.9 Å². The molecule has 4 atom stereocenters. The number of nitrogens with zero attached hydrogens (tertiary/aromatic N) is 2. The highest BCUT2D eigenvalue weighted by atomic mass is 35.5. The SMILES string of the molecule is Clc1ccc([C@@H]2C[C@H]3Cc4ccccc4N2O3)cc1.Clc1ccc([C@@H]2C[C@H]3Cc4ccccc4N2O3)cc1. The molecule has 8 rings (SSSR count). The van der Waals surface area contributed by atoms with Gasteiger partial charge in [0, 0.05) is 35.7 Å². The maximum Gasteiger partial charge on any atom is 0.0921 e. The normalized spacial score (nSPS) is 24.4. The molecular formula is C32H28Cl2N2O2. The Balaban J connectivity index is 0.000000127. The molecule has 4 aliphatic rings. The second-order valence-electron chi connectivity index (χ2n) is 10.4. The van der Waals surface area contributed by atoms with Crippen LogP contribution in [0.5, 0.6) is 0 Å². The van der Waals surface area contributed by atoms with Crippen LogP contribution in [0, 0.1) is 0 Å². The minimum Gasteiger partial charge on any atom is -0.269 e. The number of fused-ring (bicyclic) bond motifs is 8. The van der Waals surface area contributed by atoms with Crippen molar-refractivity contribution in [3.05, 3.63) is 129 Å². The van der Waals surface area contributed by atoms with Crippen molar-refractivity contribution in [1.29, 1.82) is 0 Å². The summed E-state index contributed by atoms with van der Waals surface area (Å²) in [6.45, 7) is 0. The molecule has 0 radical (unpaired) electrons. The Morgan fingerprint density at radius 2 is 0.921 bits per heavy atom. The van der Waals surface area contributed by atoms with Crippen LogP contribution in [0.1, 0.15) is 47.2 Å². The van der Waals surface area contributed by atoms with Crippen LogP contribution in [0.4, 0.5) is 11.4 Å². The summed E-state index contributed by atoms with van der Waals surface area (Å²) >= 11 is 11.9. The van der Waals surface area contributed by atoms with Crippen molar-refractivity contribution < 1.29 is 9.68 Å². The molecule has 0 N–H and O–H groups in total. The van der Waals surface area contributed by atoms with Crippen molar-refractivity contribution in [2.75, 3.05) is 10.1 Å². The van der Waals surface area contributed by atoms with Crippen molar-refractivity contribution in [3.8, 4) is 0 Å². The molecule has 2 fully saturated rings. The fourth-order valence-electron chi connectivity index (χ4n) is 6.13. The maximum absolute atomic E-state index is 6.02. The van der Waals surface area contributed by atoms with Gasteiger partial charge in [-0.05, 0) is 58.7 Å². The molecule has 4 aromatic rings. The Labute approximate surface area is 233 Å². The summed E-state index contributed by atoms with van der Waals surface area (Å²) in [5, 5.41) is 5.71. The van der Waals surface area contributed by atoms with E-state index < -0.39 is 0 Å². The van der Waals surface area contributed by atoms with E-state index in [4.69, 9.17) is 32.9 Å². The highest BCUT2D eigenvalue weighted by molar-refractivity contribution is 6.30. The molecule has 4 nitrogen and oxygen atoms in total. The summed E-state index contributed by atoms with van der Waals surface area (Å²) in [6.07, 6.45) is 4.70. The lowest BCUT2D eigenvalue weighted by molar-refractivity contribution is 0.0732. The summed E-state index contributed by atoms with van der Waals surface area (Å²) < 4.78 is 0.